The molecule has 5 heteroatoms. The molecule has 4 rings (SSSR count). The highest BCUT2D eigenvalue weighted by atomic mass is 32.2. The van der Waals surface area contributed by atoms with Gasteiger partial charge in [0.2, 0.25) is 0 Å². The Hall–Kier alpha value is -3.57. The Morgan fingerprint density at radius 1 is 0.844 bits per heavy atom. The first-order valence-electron chi connectivity index (χ1n) is 10.3. The number of phenolic OH excluding ortho intramolecular Hbond substituents is 1. The number of carboxylic acids is 1. The molecule has 0 saturated heterocycles. The first-order chi connectivity index (χ1) is 15.6. The Balaban J connectivity index is 1.59. The molecule has 0 aliphatic rings. The van der Waals surface area contributed by atoms with Gasteiger partial charge >= 0.3 is 5.97 Å². The predicted octanol–water partition coefficient (Wildman–Crippen LogP) is 5.94. The summed E-state index contributed by atoms with van der Waals surface area (Å²) in [6.07, 6.45) is 1.48. The number of hydrogen-bond acceptors (Lipinski definition) is 4. The molecule has 0 radical (unpaired) electrons. The molecule has 0 amide bonds. The molecule has 4 aromatic carbocycles. The van der Waals surface area contributed by atoms with E-state index in [2.05, 4.69) is 29.3 Å². The van der Waals surface area contributed by atoms with Gasteiger partial charge in [-0.2, -0.15) is 0 Å². The van der Waals surface area contributed by atoms with E-state index in [1.54, 1.807) is 17.8 Å². The van der Waals surface area contributed by atoms with Gasteiger partial charge in [-0.25, -0.2) is 4.79 Å². The summed E-state index contributed by atoms with van der Waals surface area (Å²) in [7, 11) is 0. The van der Waals surface area contributed by atoms with Gasteiger partial charge in [0.15, 0.2) is 6.04 Å². The number of carboxylic acid groups (broad SMARTS) is 1. The fourth-order valence-corrected chi connectivity index (χ4v) is 4.89. The van der Waals surface area contributed by atoms with Gasteiger partial charge in [-0.05, 0) is 28.0 Å². The summed E-state index contributed by atoms with van der Waals surface area (Å²) in [6.45, 7) is 0. The molecule has 0 heterocycles. The molecule has 1 atom stereocenters. The standard InChI is InChI=1S/C27H23NO3S/c29-25-16-15-19-9-7-8-14-22(19)23(25)17-28-24(27(30)31)18-32-26(20-10-3-1-4-11-20)21-12-5-2-6-13-21/h1-17,24,26,29H,18H2,(H,30,31)/t24-/m1/s1. The highest BCUT2D eigenvalue weighted by molar-refractivity contribution is 7.99. The summed E-state index contributed by atoms with van der Waals surface area (Å²) in [5.74, 6) is -0.615. The maximum absolute atomic E-state index is 12.0. The number of hydrogen-bond donors (Lipinski definition) is 2. The number of aromatic hydroxyl groups is 1. The summed E-state index contributed by atoms with van der Waals surface area (Å²) >= 11 is 1.55. The number of benzene rings is 4. The summed E-state index contributed by atoms with van der Waals surface area (Å²) in [5, 5.41) is 21.9. The minimum Gasteiger partial charge on any atom is -0.507 e. The van der Waals surface area contributed by atoms with Crippen LogP contribution in [0.15, 0.2) is 102 Å². The number of carbonyl (C=O) groups is 1. The number of aliphatic imine (C=N–C) groups is 1. The second-order valence-electron chi connectivity index (χ2n) is 7.39. The fraction of sp³-hybridized carbons (Fsp3) is 0.111. The summed E-state index contributed by atoms with van der Waals surface area (Å²) in [6, 6.07) is 30.2. The normalized spacial score (nSPS) is 12.4. The predicted molar refractivity (Wildman–Crippen MR) is 132 cm³/mol. The Labute approximate surface area is 191 Å². The molecule has 2 N–H and O–H groups in total. The number of thioether (sulfide) groups is 1. The van der Waals surface area contributed by atoms with Crippen LogP contribution in [0.3, 0.4) is 0 Å². The SMILES string of the molecule is O=C(O)[C@@H](CSC(c1ccccc1)c1ccccc1)N=Cc1c(O)ccc2ccccc12. The van der Waals surface area contributed by atoms with Crippen LogP contribution in [-0.4, -0.2) is 34.2 Å². The minimum absolute atomic E-state index is 0.000378. The van der Waals surface area contributed by atoms with Crippen molar-refractivity contribution in [3.63, 3.8) is 0 Å². The molecule has 0 aliphatic carbocycles. The lowest BCUT2D eigenvalue weighted by Gasteiger charge is -2.19. The molecule has 0 fully saturated rings. The molecule has 4 aromatic rings. The van der Waals surface area contributed by atoms with E-state index < -0.39 is 12.0 Å². The van der Waals surface area contributed by atoms with Gasteiger partial charge in [-0.3, -0.25) is 4.99 Å². The Morgan fingerprint density at radius 2 is 1.44 bits per heavy atom. The molecule has 0 spiro atoms. The van der Waals surface area contributed by atoms with E-state index in [1.807, 2.05) is 66.7 Å². The molecule has 0 bridgehead atoms. The first kappa shape index (κ1) is 21.7. The van der Waals surface area contributed by atoms with E-state index in [-0.39, 0.29) is 11.0 Å². The molecule has 32 heavy (non-hydrogen) atoms. The zero-order valence-electron chi connectivity index (χ0n) is 17.3. The average Bonchev–Trinajstić information content (AvgIpc) is 2.83. The van der Waals surface area contributed by atoms with Crippen LogP contribution in [0.4, 0.5) is 0 Å². The molecule has 0 aromatic heterocycles. The van der Waals surface area contributed by atoms with Crippen LogP contribution < -0.4 is 0 Å². The van der Waals surface area contributed by atoms with E-state index in [9.17, 15) is 15.0 Å². The van der Waals surface area contributed by atoms with Crippen LogP contribution in [0.5, 0.6) is 5.75 Å². The van der Waals surface area contributed by atoms with Crippen molar-refractivity contribution in [3.8, 4) is 5.75 Å². The van der Waals surface area contributed by atoms with Gasteiger partial charge in [0.05, 0.1) is 5.25 Å². The Kier molecular flexibility index (Phi) is 6.87. The van der Waals surface area contributed by atoms with Gasteiger partial charge < -0.3 is 10.2 Å². The lowest BCUT2D eigenvalue weighted by Crippen LogP contribution is -2.21. The van der Waals surface area contributed by atoms with Crippen LogP contribution in [0.1, 0.15) is 21.9 Å². The molecule has 4 nitrogen and oxygen atoms in total. The van der Waals surface area contributed by atoms with Crippen molar-refractivity contribution >= 4 is 34.7 Å². The zero-order chi connectivity index (χ0) is 22.3. The van der Waals surface area contributed by atoms with Crippen LogP contribution in [0, 0.1) is 0 Å². The summed E-state index contributed by atoms with van der Waals surface area (Å²) < 4.78 is 0. The second-order valence-corrected chi connectivity index (χ2v) is 8.52. The topological polar surface area (TPSA) is 69.9 Å². The highest BCUT2D eigenvalue weighted by Gasteiger charge is 2.21. The van der Waals surface area contributed by atoms with Gasteiger partial charge in [0, 0.05) is 17.5 Å². The van der Waals surface area contributed by atoms with Crippen molar-refractivity contribution in [2.45, 2.75) is 11.3 Å². The molecule has 160 valence electrons. The fourth-order valence-electron chi connectivity index (χ4n) is 3.59. The van der Waals surface area contributed by atoms with Gasteiger partial charge in [0.25, 0.3) is 0 Å². The number of aliphatic carboxylic acids is 1. The highest BCUT2D eigenvalue weighted by Crippen LogP contribution is 2.36. The third-order valence-electron chi connectivity index (χ3n) is 5.24. The van der Waals surface area contributed by atoms with Gasteiger partial charge in [0.1, 0.15) is 5.75 Å². The quantitative estimate of drug-likeness (QED) is 0.332. The van der Waals surface area contributed by atoms with Crippen molar-refractivity contribution < 1.29 is 15.0 Å². The van der Waals surface area contributed by atoms with Crippen LogP contribution in [0.2, 0.25) is 0 Å². The second kappa shape index (κ2) is 10.2. The number of nitrogens with zero attached hydrogens (tertiary/aromatic N) is 1. The zero-order valence-corrected chi connectivity index (χ0v) is 18.2. The third kappa shape index (κ3) is 5.01. The smallest absolute Gasteiger partial charge is 0.329 e. The molecule has 0 saturated carbocycles. The largest absolute Gasteiger partial charge is 0.507 e. The molecular formula is C27H23NO3S. The first-order valence-corrected chi connectivity index (χ1v) is 11.4. The minimum atomic E-state index is -0.992. The van der Waals surface area contributed by atoms with Crippen molar-refractivity contribution in [3.05, 3.63) is 114 Å². The number of rotatable bonds is 8. The van der Waals surface area contributed by atoms with Crippen molar-refractivity contribution in [1.29, 1.82) is 0 Å². The van der Waals surface area contributed by atoms with Gasteiger partial charge in [-0.15, -0.1) is 11.8 Å². The average molecular weight is 442 g/mol. The maximum Gasteiger partial charge on any atom is 0.329 e. The lowest BCUT2D eigenvalue weighted by molar-refractivity contribution is -0.137. The monoisotopic (exact) mass is 441 g/mol. The van der Waals surface area contributed by atoms with E-state index >= 15 is 0 Å². The van der Waals surface area contributed by atoms with E-state index in [0.29, 0.717) is 11.3 Å². The molecule has 0 aliphatic heterocycles. The summed E-state index contributed by atoms with van der Waals surface area (Å²) in [4.78, 5) is 16.3. The Morgan fingerprint density at radius 3 is 2.06 bits per heavy atom. The van der Waals surface area contributed by atoms with Gasteiger partial charge in [-0.1, -0.05) is 91.0 Å². The van der Waals surface area contributed by atoms with Crippen LogP contribution >= 0.6 is 11.8 Å². The lowest BCUT2D eigenvalue weighted by atomic mass is 10.0. The number of fused-ring (bicyclic) bond motifs is 1. The van der Waals surface area contributed by atoms with E-state index in [1.165, 1.54) is 6.21 Å². The molecular weight excluding hydrogens is 418 g/mol. The molecule has 0 unspecified atom stereocenters. The number of phenols is 1. The van der Waals surface area contributed by atoms with Crippen LogP contribution in [0.25, 0.3) is 10.8 Å². The maximum atomic E-state index is 12.0. The summed E-state index contributed by atoms with van der Waals surface area (Å²) in [5.41, 5.74) is 2.76. The van der Waals surface area contributed by atoms with Crippen molar-refractivity contribution in [2.75, 3.05) is 5.75 Å². The Bertz CT molecular complexity index is 1190. The third-order valence-corrected chi connectivity index (χ3v) is 6.63. The van der Waals surface area contributed by atoms with Crippen molar-refractivity contribution in [2.24, 2.45) is 4.99 Å². The van der Waals surface area contributed by atoms with Crippen LogP contribution in [-0.2, 0) is 4.79 Å². The van der Waals surface area contributed by atoms with E-state index in [0.717, 1.165) is 21.9 Å². The van der Waals surface area contributed by atoms with Crippen molar-refractivity contribution in [1.82, 2.24) is 0 Å². The van der Waals surface area contributed by atoms with E-state index in [4.69, 9.17) is 0 Å².